The normalized spacial score (nSPS) is 31.4. The molecular weight excluding hydrogens is 186 g/mol. The molecule has 0 aromatic carbocycles. The summed E-state index contributed by atoms with van der Waals surface area (Å²) in [5.41, 5.74) is 0. The van der Waals surface area contributed by atoms with Crippen molar-refractivity contribution in [2.75, 3.05) is 52.4 Å². The van der Waals surface area contributed by atoms with Crippen LogP contribution in [0, 0.1) is 11.8 Å². The van der Waals surface area contributed by atoms with Crippen LogP contribution in [0.3, 0.4) is 0 Å². The third-order valence-corrected chi connectivity index (χ3v) is 4.09. The molecule has 0 amide bonds. The smallest absolute Gasteiger partial charge is 0.0110 e. The van der Waals surface area contributed by atoms with Crippen molar-refractivity contribution >= 4 is 0 Å². The molecule has 0 bridgehead atoms. The molecule has 3 nitrogen and oxygen atoms in total. The summed E-state index contributed by atoms with van der Waals surface area (Å²) in [5.74, 6) is 1.89. The van der Waals surface area contributed by atoms with Gasteiger partial charge in [-0.25, -0.2) is 0 Å². The molecule has 15 heavy (non-hydrogen) atoms. The Bertz CT molecular complexity index is 179. The first kappa shape index (κ1) is 11.4. The number of fused-ring (bicyclic) bond motifs is 1. The highest BCUT2D eigenvalue weighted by Gasteiger charge is 2.35. The summed E-state index contributed by atoms with van der Waals surface area (Å²) in [6.07, 6.45) is 0. The van der Waals surface area contributed by atoms with Crippen molar-refractivity contribution in [2.24, 2.45) is 11.8 Å². The Morgan fingerprint density at radius 2 is 1.73 bits per heavy atom. The molecule has 0 spiro atoms. The van der Waals surface area contributed by atoms with E-state index in [0.717, 1.165) is 11.8 Å². The molecule has 0 aromatic heterocycles. The number of likely N-dealkylation sites (N-methyl/N-ethyl adjacent to an activating group) is 1. The number of likely N-dealkylation sites (tertiary alicyclic amines) is 1. The zero-order valence-electron chi connectivity index (χ0n) is 10.2. The standard InChI is InChI=1S/C12H25N3/c1-3-14(4-2)5-6-15-9-11-7-13-8-12(11)10-15/h11-13H,3-10H2,1-2H3. The summed E-state index contributed by atoms with van der Waals surface area (Å²) < 4.78 is 0. The first-order chi connectivity index (χ1) is 7.33. The highest BCUT2D eigenvalue weighted by atomic mass is 15.2. The van der Waals surface area contributed by atoms with Crippen LogP contribution in [-0.2, 0) is 0 Å². The van der Waals surface area contributed by atoms with Crippen LogP contribution in [0.1, 0.15) is 13.8 Å². The molecule has 0 aliphatic carbocycles. The van der Waals surface area contributed by atoms with Gasteiger partial charge in [0.25, 0.3) is 0 Å². The minimum absolute atomic E-state index is 0.946. The Labute approximate surface area is 93.8 Å². The van der Waals surface area contributed by atoms with E-state index in [1.165, 1.54) is 52.4 Å². The summed E-state index contributed by atoms with van der Waals surface area (Å²) >= 11 is 0. The van der Waals surface area contributed by atoms with Crippen molar-refractivity contribution in [3.63, 3.8) is 0 Å². The fourth-order valence-corrected chi connectivity index (χ4v) is 2.96. The van der Waals surface area contributed by atoms with Gasteiger partial charge in [0.15, 0.2) is 0 Å². The van der Waals surface area contributed by atoms with Crippen molar-refractivity contribution in [1.82, 2.24) is 15.1 Å². The molecule has 88 valence electrons. The number of rotatable bonds is 5. The lowest BCUT2D eigenvalue weighted by atomic mass is 10.0. The Hall–Kier alpha value is -0.120. The van der Waals surface area contributed by atoms with Crippen LogP contribution in [0.4, 0.5) is 0 Å². The average Bonchev–Trinajstić information content (AvgIpc) is 2.79. The highest BCUT2D eigenvalue weighted by Crippen LogP contribution is 2.25. The quantitative estimate of drug-likeness (QED) is 0.713. The largest absolute Gasteiger partial charge is 0.316 e. The van der Waals surface area contributed by atoms with Crippen molar-refractivity contribution in [2.45, 2.75) is 13.8 Å². The van der Waals surface area contributed by atoms with E-state index < -0.39 is 0 Å². The van der Waals surface area contributed by atoms with Gasteiger partial charge in [-0.05, 0) is 38.0 Å². The first-order valence-electron chi connectivity index (χ1n) is 6.49. The predicted molar refractivity (Wildman–Crippen MR) is 64.1 cm³/mol. The topological polar surface area (TPSA) is 18.5 Å². The maximum absolute atomic E-state index is 3.49. The molecule has 2 heterocycles. The summed E-state index contributed by atoms with van der Waals surface area (Å²) in [6, 6.07) is 0. The van der Waals surface area contributed by atoms with E-state index in [1.54, 1.807) is 0 Å². The number of hydrogen-bond acceptors (Lipinski definition) is 3. The van der Waals surface area contributed by atoms with E-state index in [9.17, 15) is 0 Å². The van der Waals surface area contributed by atoms with Gasteiger partial charge in [-0.3, -0.25) is 0 Å². The molecule has 0 saturated carbocycles. The van der Waals surface area contributed by atoms with Gasteiger partial charge in [0.05, 0.1) is 0 Å². The summed E-state index contributed by atoms with van der Waals surface area (Å²) in [7, 11) is 0. The molecule has 2 aliphatic rings. The van der Waals surface area contributed by atoms with Crippen LogP contribution in [0.25, 0.3) is 0 Å². The van der Waals surface area contributed by atoms with E-state index in [4.69, 9.17) is 0 Å². The Morgan fingerprint density at radius 1 is 1.13 bits per heavy atom. The van der Waals surface area contributed by atoms with E-state index in [-0.39, 0.29) is 0 Å². The second-order valence-electron chi connectivity index (χ2n) is 4.96. The maximum atomic E-state index is 3.49. The minimum Gasteiger partial charge on any atom is -0.316 e. The van der Waals surface area contributed by atoms with Gasteiger partial charge in [0.2, 0.25) is 0 Å². The van der Waals surface area contributed by atoms with E-state index in [1.807, 2.05) is 0 Å². The monoisotopic (exact) mass is 211 g/mol. The number of nitrogens with one attached hydrogen (secondary N) is 1. The third-order valence-electron chi connectivity index (χ3n) is 4.09. The molecule has 1 N–H and O–H groups in total. The fraction of sp³-hybridized carbons (Fsp3) is 1.00. The Balaban J connectivity index is 1.68. The van der Waals surface area contributed by atoms with Crippen LogP contribution in [-0.4, -0.2) is 62.2 Å². The lowest BCUT2D eigenvalue weighted by Gasteiger charge is -2.23. The van der Waals surface area contributed by atoms with Gasteiger partial charge in [-0.15, -0.1) is 0 Å². The van der Waals surface area contributed by atoms with E-state index >= 15 is 0 Å². The van der Waals surface area contributed by atoms with Gasteiger partial charge in [0.1, 0.15) is 0 Å². The molecule has 2 unspecified atom stereocenters. The molecule has 2 aliphatic heterocycles. The predicted octanol–water partition coefficient (Wildman–Crippen LogP) is 0.479. The molecule has 2 fully saturated rings. The van der Waals surface area contributed by atoms with Crippen LogP contribution in [0.15, 0.2) is 0 Å². The van der Waals surface area contributed by atoms with Gasteiger partial charge in [0, 0.05) is 26.2 Å². The van der Waals surface area contributed by atoms with Crippen molar-refractivity contribution in [3.8, 4) is 0 Å². The van der Waals surface area contributed by atoms with Crippen molar-refractivity contribution in [3.05, 3.63) is 0 Å². The zero-order chi connectivity index (χ0) is 10.7. The number of hydrogen-bond donors (Lipinski definition) is 1. The number of nitrogens with zero attached hydrogens (tertiary/aromatic N) is 2. The van der Waals surface area contributed by atoms with Gasteiger partial charge < -0.3 is 15.1 Å². The van der Waals surface area contributed by atoms with Crippen LogP contribution < -0.4 is 5.32 Å². The second kappa shape index (κ2) is 5.28. The molecule has 2 rings (SSSR count). The van der Waals surface area contributed by atoms with Crippen molar-refractivity contribution in [1.29, 1.82) is 0 Å². The van der Waals surface area contributed by atoms with Gasteiger partial charge >= 0.3 is 0 Å². The third kappa shape index (κ3) is 2.71. The van der Waals surface area contributed by atoms with Gasteiger partial charge in [-0.1, -0.05) is 13.8 Å². The van der Waals surface area contributed by atoms with Crippen LogP contribution in [0.5, 0.6) is 0 Å². The Kier molecular flexibility index (Phi) is 4.00. The molecule has 2 atom stereocenters. The summed E-state index contributed by atoms with van der Waals surface area (Å²) in [6.45, 7) is 14.6. The fourth-order valence-electron chi connectivity index (χ4n) is 2.96. The second-order valence-corrected chi connectivity index (χ2v) is 4.96. The first-order valence-corrected chi connectivity index (χ1v) is 6.49. The SMILES string of the molecule is CCN(CC)CCN1CC2CNCC2C1. The van der Waals surface area contributed by atoms with E-state index in [2.05, 4.69) is 29.0 Å². The van der Waals surface area contributed by atoms with Crippen LogP contribution >= 0.6 is 0 Å². The summed E-state index contributed by atoms with van der Waals surface area (Å²) in [4.78, 5) is 5.18. The summed E-state index contributed by atoms with van der Waals surface area (Å²) in [5, 5.41) is 3.49. The molecule has 0 radical (unpaired) electrons. The molecule has 3 heteroatoms. The average molecular weight is 211 g/mol. The minimum atomic E-state index is 0.946. The van der Waals surface area contributed by atoms with Crippen molar-refractivity contribution < 1.29 is 0 Å². The lowest BCUT2D eigenvalue weighted by Crippen LogP contribution is -2.35. The highest BCUT2D eigenvalue weighted by molar-refractivity contribution is 4.91. The van der Waals surface area contributed by atoms with Crippen LogP contribution in [0.2, 0.25) is 0 Å². The Morgan fingerprint density at radius 3 is 2.27 bits per heavy atom. The van der Waals surface area contributed by atoms with Gasteiger partial charge in [-0.2, -0.15) is 0 Å². The molecular formula is C12H25N3. The molecule has 2 saturated heterocycles. The molecule has 0 aromatic rings. The zero-order valence-corrected chi connectivity index (χ0v) is 10.2. The maximum Gasteiger partial charge on any atom is 0.0110 e. The lowest BCUT2D eigenvalue weighted by molar-refractivity contribution is 0.232. The van der Waals surface area contributed by atoms with E-state index in [0.29, 0.717) is 0 Å².